The van der Waals surface area contributed by atoms with Crippen molar-refractivity contribution in [1.82, 2.24) is 10.3 Å². The Kier molecular flexibility index (Phi) is 3.98. The lowest BCUT2D eigenvalue weighted by Crippen LogP contribution is -2.19. The summed E-state index contributed by atoms with van der Waals surface area (Å²) in [5.41, 5.74) is 3.71. The minimum Gasteiger partial charge on any atom is -0.308 e. The van der Waals surface area contributed by atoms with Crippen LogP contribution in [0.4, 0.5) is 0 Å². The van der Waals surface area contributed by atoms with Crippen LogP contribution in [0.3, 0.4) is 0 Å². The number of benzene rings is 2. The molecule has 1 unspecified atom stereocenters. The summed E-state index contributed by atoms with van der Waals surface area (Å²) < 4.78 is 0. The molecular weight excluding hydrogens is 256 g/mol. The summed E-state index contributed by atoms with van der Waals surface area (Å²) in [6.45, 7) is 2.18. The van der Waals surface area contributed by atoms with Crippen LogP contribution in [0.5, 0.6) is 0 Å². The van der Waals surface area contributed by atoms with Crippen LogP contribution in [0.1, 0.15) is 29.8 Å². The Hall–Kier alpha value is -2.19. The van der Waals surface area contributed by atoms with E-state index in [0.29, 0.717) is 0 Å². The van der Waals surface area contributed by atoms with Crippen LogP contribution in [0.15, 0.2) is 60.8 Å². The third-order valence-electron chi connectivity index (χ3n) is 3.96. The van der Waals surface area contributed by atoms with Gasteiger partial charge in [-0.25, -0.2) is 0 Å². The SMILES string of the molecule is CCc1cccc(C(NC)c2nccc3ccccc23)c1. The second-order valence-electron chi connectivity index (χ2n) is 5.24. The Morgan fingerprint density at radius 3 is 2.71 bits per heavy atom. The number of hydrogen-bond acceptors (Lipinski definition) is 2. The maximum atomic E-state index is 4.65. The average Bonchev–Trinajstić information content (AvgIpc) is 2.56. The fourth-order valence-corrected chi connectivity index (χ4v) is 2.83. The maximum Gasteiger partial charge on any atom is 0.0755 e. The Bertz CT molecular complexity index is 744. The normalized spacial score (nSPS) is 12.5. The first-order chi connectivity index (χ1) is 10.3. The van der Waals surface area contributed by atoms with Crippen molar-refractivity contribution in [3.8, 4) is 0 Å². The zero-order valence-corrected chi connectivity index (χ0v) is 12.5. The fourth-order valence-electron chi connectivity index (χ4n) is 2.83. The first kappa shape index (κ1) is 13.8. The summed E-state index contributed by atoms with van der Waals surface area (Å²) in [7, 11) is 1.99. The molecule has 0 aliphatic carbocycles. The van der Waals surface area contributed by atoms with E-state index in [1.807, 2.05) is 13.2 Å². The van der Waals surface area contributed by atoms with Crippen molar-refractivity contribution in [3.05, 3.63) is 77.6 Å². The van der Waals surface area contributed by atoms with E-state index in [0.717, 1.165) is 12.1 Å². The molecule has 0 aliphatic heterocycles. The fraction of sp³-hybridized carbons (Fsp3) is 0.211. The Morgan fingerprint density at radius 2 is 1.90 bits per heavy atom. The molecule has 0 aliphatic rings. The third kappa shape index (κ3) is 2.67. The van der Waals surface area contributed by atoms with Gasteiger partial charge in [-0.15, -0.1) is 0 Å². The first-order valence-electron chi connectivity index (χ1n) is 7.43. The van der Waals surface area contributed by atoms with Crippen LogP contribution in [0, 0.1) is 0 Å². The topological polar surface area (TPSA) is 24.9 Å². The van der Waals surface area contributed by atoms with Gasteiger partial charge in [0, 0.05) is 11.6 Å². The maximum absolute atomic E-state index is 4.65. The molecule has 3 rings (SSSR count). The summed E-state index contributed by atoms with van der Waals surface area (Å²) in [6, 6.07) is 19.3. The van der Waals surface area contributed by atoms with Crippen molar-refractivity contribution >= 4 is 10.8 Å². The molecular formula is C19H20N2. The molecule has 1 heterocycles. The molecule has 0 radical (unpaired) electrons. The van der Waals surface area contributed by atoms with E-state index in [1.165, 1.54) is 21.9 Å². The molecule has 2 nitrogen and oxygen atoms in total. The van der Waals surface area contributed by atoms with Crippen molar-refractivity contribution in [2.75, 3.05) is 7.05 Å². The van der Waals surface area contributed by atoms with Crippen LogP contribution in [0.25, 0.3) is 10.8 Å². The molecule has 1 atom stereocenters. The van der Waals surface area contributed by atoms with E-state index in [1.54, 1.807) is 0 Å². The number of hydrogen-bond donors (Lipinski definition) is 1. The number of nitrogens with one attached hydrogen (secondary N) is 1. The van der Waals surface area contributed by atoms with E-state index in [9.17, 15) is 0 Å². The van der Waals surface area contributed by atoms with Gasteiger partial charge in [-0.05, 0) is 36.0 Å². The first-order valence-corrected chi connectivity index (χ1v) is 7.43. The standard InChI is InChI=1S/C19H20N2/c1-3-14-7-6-9-16(13-14)18(20-2)19-17-10-5-4-8-15(17)11-12-21-19/h4-13,18,20H,3H2,1-2H3. The summed E-state index contributed by atoms with van der Waals surface area (Å²) in [4.78, 5) is 4.65. The molecule has 0 saturated carbocycles. The highest BCUT2D eigenvalue weighted by molar-refractivity contribution is 5.85. The molecule has 0 bridgehead atoms. The number of nitrogens with zero attached hydrogens (tertiary/aromatic N) is 1. The van der Waals surface area contributed by atoms with Gasteiger partial charge in [0.15, 0.2) is 0 Å². The number of fused-ring (bicyclic) bond motifs is 1. The van der Waals surface area contributed by atoms with Crippen LogP contribution in [-0.2, 0) is 6.42 Å². The van der Waals surface area contributed by atoms with Gasteiger partial charge in [-0.1, -0.05) is 55.5 Å². The van der Waals surface area contributed by atoms with Crippen molar-refractivity contribution in [2.45, 2.75) is 19.4 Å². The number of aromatic nitrogens is 1. The van der Waals surface area contributed by atoms with E-state index in [2.05, 4.69) is 71.8 Å². The molecule has 0 spiro atoms. The van der Waals surface area contributed by atoms with Gasteiger partial charge in [0.2, 0.25) is 0 Å². The number of rotatable bonds is 4. The number of pyridine rings is 1. The Labute approximate surface area is 125 Å². The van der Waals surface area contributed by atoms with E-state index in [-0.39, 0.29) is 6.04 Å². The van der Waals surface area contributed by atoms with Crippen LogP contribution in [-0.4, -0.2) is 12.0 Å². The van der Waals surface area contributed by atoms with Gasteiger partial charge in [0.1, 0.15) is 0 Å². The van der Waals surface area contributed by atoms with Crippen molar-refractivity contribution < 1.29 is 0 Å². The van der Waals surface area contributed by atoms with Crippen LogP contribution in [0.2, 0.25) is 0 Å². The van der Waals surface area contributed by atoms with Crippen molar-refractivity contribution in [1.29, 1.82) is 0 Å². The lowest BCUT2D eigenvalue weighted by molar-refractivity contribution is 0.676. The smallest absolute Gasteiger partial charge is 0.0755 e. The summed E-state index contributed by atoms with van der Waals surface area (Å²) in [5.74, 6) is 0. The molecule has 21 heavy (non-hydrogen) atoms. The van der Waals surface area contributed by atoms with Gasteiger partial charge in [0.05, 0.1) is 11.7 Å². The highest BCUT2D eigenvalue weighted by atomic mass is 14.9. The second-order valence-corrected chi connectivity index (χ2v) is 5.24. The molecule has 2 heteroatoms. The van der Waals surface area contributed by atoms with Gasteiger partial charge >= 0.3 is 0 Å². The third-order valence-corrected chi connectivity index (χ3v) is 3.96. The molecule has 106 valence electrons. The largest absolute Gasteiger partial charge is 0.308 e. The molecule has 1 N–H and O–H groups in total. The van der Waals surface area contributed by atoms with Crippen LogP contribution >= 0.6 is 0 Å². The summed E-state index contributed by atoms with van der Waals surface area (Å²) in [6.07, 6.45) is 2.94. The van der Waals surface area contributed by atoms with Crippen molar-refractivity contribution in [2.24, 2.45) is 0 Å². The lowest BCUT2D eigenvalue weighted by atomic mass is 9.97. The highest BCUT2D eigenvalue weighted by Crippen LogP contribution is 2.27. The molecule has 0 amide bonds. The minimum absolute atomic E-state index is 0.114. The molecule has 0 fully saturated rings. The molecule has 3 aromatic rings. The van der Waals surface area contributed by atoms with Gasteiger partial charge < -0.3 is 5.32 Å². The van der Waals surface area contributed by atoms with E-state index in [4.69, 9.17) is 0 Å². The minimum atomic E-state index is 0.114. The Morgan fingerprint density at radius 1 is 1.05 bits per heavy atom. The zero-order chi connectivity index (χ0) is 14.7. The predicted molar refractivity (Wildman–Crippen MR) is 88.5 cm³/mol. The van der Waals surface area contributed by atoms with Crippen molar-refractivity contribution in [3.63, 3.8) is 0 Å². The predicted octanol–water partition coefficient (Wildman–Crippen LogP) is 4.11. The summed E-state index contributed by atoms with van der Waals surface area (Å²) >= 11 is 0. The van der Waals surface area contributed by atoms with E-state index < -0.39 is 0 Å². The monoisotopic (exact) mass is 276 g/mol. The summed E-state index contributed by atoms with van der Waals surface area (Å²) in [5, 5.41) is 5.86. The van der Waals surface area contributed by atoms with Gasteiger partial charge in [0.25, 0.3) is 0 Å². The molecule has 0 saturated heterocycles. The van der Waals surface area contributed by atoms with Crippen LogP contribution < -0.4 is 5.32 Å². The molecule has 2 aromatic carbocycles. The zero-order valence-electron chi connectivity index (χ0n) is 12.5. The Balaban J connectivity index is 2.13. The number of aryl methyl sites for hydroxylation is 1. The van der Waals surface area contributed by atoms with E-state index >= 15 is 0 Å². The van der Waals surface area contributed by atoms with Gasteiger partial charge in [-0.2, -0.15) is 0 Å². The second kappa shape index (κ2) is 6.06. The highest BCUT2D eigenvalue weighted by Gasteiger charge is 2.16. The van der Waals surface area contributed by atoms with Gasteiger partial charge in [-0.3, -0.25) is 4.98 Å². The average molecular weight is 276 g/mol. The quantitative estimate of drug-likeness (QED) is 0.776. The molecule has 1 aromatic heterocycles. The lowest BCUT2D eigenvalue weighted by Gasteiger charge is -2.19.